The highest BCUT2D eigenvalue weighted by Crippen LogP contribution is 2.23. The number of nitrogens with zero attached hydrogens (tertiary/aromatic N) is 2. The van der Waals surface area contributed by atoms with E-state index in [1.165, 1.54) is 12.1 Å². The number of rotatable bonds is 4. The third-order valence-corrected chi connectivity index (χ3v) is 4.41. The molecule has 1 aliphatic heterocycles. The highest BCUT2D eigenvalue weighted by atomic mass is 35.5. The van der Waals surface area contributed by atoms with Crippen LogP contribution in [-0.4, -0.2) is 47.9 Å². The number of halogens is 1. The summed E-state index contributed by atoms with van der Waals surface area (Å²) in [5, 5.41) is 13.4. The molecular weight excluding hydrogens is 374 g/mol. The molecule has 8 nitrogen and oxygen atoms in total. The molecule has 2 aromatic carbocycles. The van der Waals surface area contributed by atoms with Crippen LogP contribution in [0.15, 0.2) is 42.5 Å². The molecule has 27 heavy (non-hydrogen) atoms. The van der Waals surface area contributed by atoms with E-state index in [9.17, 15) is 19.7 Å². The molecule has 140 valence electrons. The van der Waals surface area contributed by atoms with E-state index in [1.54, 1.807) is 29.2 Å². The standard InChI is InChI=1S/C18H16ClN3O5/c19-16-11-14(22(25)26)5-6-15(16)17(23)20-13-3-1-12(2-4-13)18(24)21-7-9-27-10-8-21/h1-6,11H,7-10H2,(H,20,23). The fourth-order valence-electron chi connectivity index (χ4n) is 2.65. The lowest BCUT2D eigenvalue weighted by atomic mass is 10.1. The second-order valence-electron chi connectivity index (χ2n) is 5.86. The van der Waals surface area contributed by atoms with Gasteiger partial charge in [0.2, 0.25) is 0 Å². The lowest BCUT2D eigenvalue weighted by Gasteiger charge is -2.26. The first-order valence-electron chi connectivity index (χ1n) is 8.18. The number of morpholine rings is 1. The maximum absolute atomic E-state index is 12.4. The molecule has 0 aromatic heterocycles. The van der Waals surface area contributed by atoms with Crippen LogP contribution in [0.3, 0.4) is 0 Å². The zero-order chi connectivity index (χ0) is 19.4. The normalized spacial score (nSPS) is 13.9. The molecular formula is C18H16ClN3O5. The lowest BCUT2D eigenvalue weighted by Crippen LogP contribution is -2.40. The summed E-state index contributed by atoms with van der Waals surface area (Å²) in [6, 6.07) is 10.1. The van der Waals surface area contributed by atoms with Gasteiger partial charge in [-0.25, -0.2) is 0 Å². The van der Waals surface area contributed by atoms with Gasteiger partial charge in [-0.05, 0) is 30.3 Å². The maximum Gasteiger partial charge on any atom is 0.270 e. The highest BCUT2D eigenvalue weighted by molar-refractivity contribution is 6.34. The van der Waals surface area contributed by atoms with Crippen molar-refractivity contribution >= 4 is 34.8 Å². The molecule has 3 rings (SSSR count). The van der Waals surface area contributed by atoms with Crippen molar-refractivity contribution in [3.63, 3.8) is 0 Å². The Labute approximate surface area is 159 Å². The summed E-state index contributed by atoms with van der Waals surface area (Å²) in [4.78, 5) is 36.6. The largest absolute Gasteiger partial charge is 0.378 e. The van der Waals surface area contributed by atoms with Gasteiger partial charge in [-0.15, -0.1) is 0 Å². The van der Waals surface area contributed by atoms with Crippen molar-refractivity contribution in [3.8, 4) is 0 Å². The Hall–Kier alpha value is -2.97. The van der Waals surface area contributed by atoms with Crippen LogP contribution in [0.1, 0.15) is 20.7 Å². The van der Waals surface area contributed by atoms with Crippen molar-refractivity contribution in [1.29, 1.82) is 0 Å². The molecule has 1 saturated heterocycles. The average molecular weight is 390 g/mol. The molecule has 0 aliphatic carbocycles. The number of ether oxygens (including phenoxy) is 1. The van der Waals surface area contributed by atoms with Crippen LogP contribution in [0.2, 0.25) is 5.02 Å². The van der Waals surface area contributed by atoms with E-state index in [4.69, 9.17) is 16.3 Å². The second kappa shape index (κ2) is 8.15. The smallest absolute Gasteiger partial charge is 0.270 e. The number of carbonyl (C=O) groups excluding carboxylic acids is 2. The molecule has 1 aliphatic rings. The number of nitrogens with one attached hydrogen (secondary N) is 1. The molecule has 0 atom stereocenters. The summed E-state index contributed by atoms with van der Waals surface area (Å²) in [5.41, 5.74) is 0.925. The van der Waals surface area contributed by atoms with Crippen molar-refractivity contribution in [1.82, 2.24) is 4.90 Å². The second-order valence-corrected chi connectivity index (χ2v) is 6.26. The van der Waals surface area contributed by atoms with Gasteiger partial charge < -0.3 is 15.0 Å². The van der Waals surface area contributed by atoms with E-state index < -0.39 is 10.8 Å². The minimum atomic E-state index is -0.586. The molecule has 0 unspecified atom stereocenters. The number of benzene rings is 2. The number of hydrogen-bond donors (Lipinski definition) is 1. The Balaban J connectivity index is 1.68. The summed E-state index contributed by atoms with van der Waals surface area (Å²) < 4.78 is 5.23. The Morgan fingerprint density at radius 2 is 1.78 bits per heavy atom. The predicted molar refractivity (Wildman–Crippen MR) is 99.2 cm³/mol. The summed E-state index contributed by atoms with van der Waals surface area (Å²) in [5.74, 6) is -0.586. The number of amides is 2. The van der Waals surface area contributed by atoms with Crippen LogP contribution in [0.25, 0.3) is 0 Å². The van der Waals surface area contributed by atoms with Gasteiger partial charge in [-0.3, -0.25) is 19.7 Å². The summed E-state index contributed by atoms with van der Waals surface area (Å²) in [7, 11) is 0. The Morgan fingerprint density at radius 1 is 1.11 bits per heavy atom. The molecule has 1 N–H and O–H groups in total. The number of non-ortho nitro benzene ring substituents is 1. The first kappa shape index (κ1) is 18.8. The summed E-state index contributed by atoms with van der Waals surface area (Å²) in [6.07, 6.45) is 0. The van der Waals surface area contributed by atoms with E-state index in [2.05, 4.69) is 5.32 Å². The number of nitro benzene ring substituents is 1. The van der Waals surface area contributed by atoms with Gasteiger partial charge in [-0.2, -0.15) is 0 Å². The highest BCUT2D eigenvalue weighted by Gasteiger charge is 2.19. The van der Waals surface area contributed by atoms with Crippen LogP contribution < -0.4 is 5.32 Å². The Morgan fingerprint density at radius 3 is 2.37 bits per heavy atom. The van der Waals surface area contributed by atoms with Crippen molar-refractivity contribution in [2.45, 2.75) is 0 Å². The topological polar surface area (TPSA) is 102 Å². The lowest BCUT2D eigenvalue weighted by molar-refractivity contribution is -0.384. The Bertz CT molecular complexity index is 879. The quantitative estimate of drug-likeness (QED) is 0.639. The number of carbonyl (C=O) groups is 2. The zero-order valence-corrected chi connectivity index (χ0v) is 14.9. The van der Waals surface area contributed by atoms with Crippen LogP contribution in [0, 0.1) is 10.1 Å². The van der Waals surface area contributed by atoms with Gasteiger partial charge in [0.15, 0.2) is 0 Å². The molecule has 0 radical (unpaired) electrons. The van der Waals surface area contributed by atoms with Gasteiger partial charge in [0.25, 0.3) is 17.5 Å². The van der Waals surface area contributed by atoms with E-state index in [1.807, 2.05) is 0 Å². The molecule has 2 aromatic rings. The van der Waals surface area contributed by atoms with E-state index in [0.29, 0.717) is 37.6 Å². The van der Waals surface area contributed by atoms with Gasteiger partial charge >= 0.3 is 0 Å². The molecule has 0 bridgehead atoms. The SMILES string of the molecule is O=C(Nc1ccc(C(=O)N2CCOCC2)cc1)c1ccc([N+](=O)[O-])cc1Cl. The van der Waals surface area contributed by atoms with E-state index in [-0.39, 0.29) is 22.2 Å². The molecule has 0 spiro atoms. The predicted octanol–water partition coefficient (Wildman–Crippen LogP) is 2.97. The van der Waals surface area contributed by atoms with E-state index in [0.717, 1.165) is 6.07 Å². The third-order valence-electron chi connectivity index (χ3n) is 4.10. The summed E-state index contributed by atoms with van der Waals surface area (Å²) >= 11 is 5.96. The Kier molecular flexibility index (Phi) is 5.68. The molecule has 9 heteroatoms. The van der Waals surface area contributed by atoms with Gasteiger partial charge in [0.1, 0.15) is 0 Å². The number of nitro groups is 1. The van der Waals surface area contributed by atoms with Crippen molar-refractivity contribution in [2.75, 3.05) is 31.6 Å². The molecule has 1 fully saturated rings. The third kappa shape index (κ3) is 4.42. The fraction of sp³-hybridized carbons (Fsp3) is 0.222. The first-order chi connectivity index (χ1) is 13.0. The van der Waals surface area contributed by atoms with E-state index >= 15 is 0 Å². The van der Waals surface area contributed by atoms with Gasteiger partial charge in [0.05, 0.1) is 28.7 Å². The summed E-state index contributed by atoms with van der Waals surface area (Å²) in [6.45, 7) is 2.15. The molecule has 1 heterocycles. The van der Waals surface area contributed by atoms with Gasteiger partial charge in [0, 0.05) is 36.5 Å². The van der Waals surface area contributed by atoms with Crippen LogP contribution >= 0.6 is 11.6 Å². The number of anilines is 1. The minimum absolute atomic E-state index is 0.0131. The van der Waals surface area contributed by atoms with Crippen molar-refractivity contribution in [2.24, 2.45) is 0 Å². The maximum atomic E-state index is 12.4. The molecule has 0 saturated carbocycles. The fourth-order valence-corrected chi connectivity index (χ4v) is 2.91. The van der Waals surface area contributed by atoms with Gasteiger partial charge in [-0.1, -0.05) is 11.6 Å². The zero-order valence-electron chi connectivity index (χ0n) is 14.2. The average Bonchev–Trinajstić information content (AvgIpc) is 2.68. The van der Waals surface area contributed by atoms with Crippen molar-refractivity contribution < 1.29 is 19.2 Å². The minimum Gasteiger partial charge on any atom is -0.378 e. The number of hydrogen-bond acceptors (Lipinski definition) is 5. The van der Waals surface area contributed by atoms with Crippen LogP contribution in [0.5, 0.6) is 0 Å². The van der Waals surface area contributed by atoms with Crippen LogP contribution in [-0.2, 0) is 4.74 Å². The monoisotopic (exact) mass is 389 g/mol. The van der Waals surface area contributed by atoms with Crippen molar-refractivity contribution in [3.05, 3.63) is 68.7 Å². The molecule has 2 amide bonds. The first-order valence-corrected chi connectivity index (χ1v) is 8.56. The van der Waals surface area contributed by atoms with Crippen LogP contribution in [0.4, 0.5) is 11.4 Å².